The van der Waals surface area contributed by atoms with Gasteiger partial charge in [0.25, 0.3) is 0 Å². The second kappa shape index (κ2) is 10.8. The van der Waals surface area contributed by atoms with E-state index in [4.69, 9.17) is 9.36 Å². The number of anilines is 1. The Morgan fingerprint density at radius 3 is 2.48 bits per heavy atom. The Kier molecular flexibility index (Phi) is 7.32. The monoisotopic (exact) mass is 593 g/mol. The number of ketones is 1. The van der Waals surface area contributed by atoms with Crippen LogP contribution in [0.4, 0.5) is 5.13 Å². The van der Waals surface area contributed by atoms with Crippen LogP contribution >= 0.6 is 22.9 Å². The molecule has 0 spiro atoms. The van der Waals surface area contributed by atoms with Crippen LogP contribution in [0, 0.1) is 6.92 Å². The number of Topliss-reactive ketones (excluding diaryl/α,β-unsaturated/α-hetero) is 1. The van der Waals surface area contributed by atoms with Gasteiger partial charge in [0, 0.05) is 61.0 Å². The fraction of sp³-hybridized carbons (Fsp3) is 0.379. The fourth-order valence-electron chi connectivity index (χ4n) is 5.81. The molecular formula is C29H31N5O3S3. The largest absolute Gasteiger partial charge is 0.344 e. The van der Waals surface area contributed by atoms with Crippen molar-refractivity contribution < 1.29 is 13.2 Å². The first-order valence-electron chi connectivity index (χ1n) is 13.5. The number of carbonyl (C=O) groups is 1. The van der Waals surface area contributed by atoms with E-state index in [0.717, 1.165) is 32.8 Å². The third-order valence-electron chi connectivity index (χ3n) is 8.02. The van der Waals surface area contributed by atoms with E-state index in [0.29, 0.717) is 51.1 Å². The predicted octanol–water partition coefficient (Wildman–Crippen LogP) is 5.30. The maximum Gasteiger partial charge on any atom is 0.243 e. The Morgan fingerprint density at radius 1 is 1.00 bits per heavy atom. The molecule has 2 aromatic heterocycles. The van der Waals surface area contributed by atoms with Crippen LogP contribution in [0.2, 0.25) is 0 Å². The lowest BCUT2D eigenvalue weighted by molar-refractivity contribution is -0.121. The molecule has 3 heterocycles. The number of piperazine rings is 1. The Morgan fingerprint density at radius 2 is 1.77 bits per heavy atom. The highest BCUT2D eigenvalue weighted by molar-refractivity contribution is 7.89. The molecule has 1 saturated carbocycles. The van der Waals surface area contributed by atoms with E-state index < -0.39 is 10.0 Å². The number of thiazole rings is 1. The number of hydrogen-bond donors (Lipinski definition) is 0. The SMILES string of the molecule is Cc1nc(-c2cccc(S(=O)(=O)N3CCN(c4nc(C5(c6ccccc6)CCC(=O)CC5)ns4)CC3C)c2)cs1. The summed E-state index contributed by atoms with van der Waals surface area (Å²) in [6.07, 6.45) is 2.46. The smallest absolute Gasteiger partial charge is 0.243 e. The Balaban J connectivity index is 1.21. The number of nitrogens with zero attached hydrogens (tertiary/aromatic N) is 5. The van der Waals surface area contributed by atoms with E-state index in [2.05, 4.69) is 22.0 Å². The highest BCUT2D eigenvalue weighted by Crippen LogP contribution is 2.44. The molecule has 0 amide bonds. The number of carbonyl (C=O) groups excluding carboxylic acids is 1. The van der Waals surface area contributed by atoms with Gasteiger partial charge in [0.05, 0.1) is 21.0 Å². The molecule has 2 aromatic carbocycles. The van der Waals surface area contributed by atoms with Crippen LogP contribution in [-0.4, -0.2) is 58.5 Å². The van der Waals surface area contributed by atoms with Crippen LogP contribution in [0.25, 0.3) is 11.3 Å². The molecule has 2 aliphatic rings. The van der Waals surface area contributed by atoms with Gasteiger partial charge in [-0.1, -0.05) is 42.5 Å². The minimum atomic E-state index is -3.69. The first-order valence-corrected chi connectivity index (χ1v) is 16.6. The summed E-state index contributed by atoms with van der Waals surface area (Å²) in [5, 5.41) is 3.69. The molecule has 208 valence electrons. The highest BCUT2D eigenvalue weighted by atomic mass is 32.2. The zero-order valence-corrected chi connectivity index (χ0v) is 24.9. The van der Waals surface area contributed by atoms with Gasteiger partial charge >= 0.3 is 0 Å². The van der Waals surface area contributed by atoms with Crippen LogP contribution in [0.3, 0.4) is 0 Å². The lowest BCUT2D eigenvalue weighted by Gasteiger charge is -2.38. The van der Waals surface area contributed by atoms with Gasteiger partial charge in [0.15, 0.2) is 5.82 Å². The molecule has 0 N–H and O–H groups in total. The summed E-state index contributed by atoms with van der Waals surface area (Å²) in [5.74, 6) is 1.06. The van der Waals surface area contributed by atoms with Crippen molar-refractivity contribution in [2.45, 2.75) is 55.9 Å². The van der Waals surface area contributed by atoms with E-state index in [1.807, 2.05) is 43.5 Å². The molecule has 1 unspecified atom stereocenters. The van der Waals surface area contributed by atoms with E-state index in [-0.39, 0.29) is 16.4 Å². The minimum Gasteiger partial charge on any atom is -0.344 e. The van der Waals surface area contributed by atoms with E-state index in [1.165, 1.54) is 11.5 Å². The molecule has 1 saturated heterocycles. The van der Waals surface area contributed by atoms with Crippen LogP contribution < -0.4 is 4.90 Å². The van der Waals surface area contributed by atoms with Crippen LogP contribution in [0.5, 0.6) is 0 Å². The topological polar surface area (TPSA) is 96.4 Å². The van der Waals surface area contributed by atoms with Gasteiger partial charge in [0.1, 0.15) is 5.78 Å². The summed E-state index contributed by atoms with van der Waals surface area (Å²) < 4.78 is 33.8. The van der Waals surface area contributed by atoms with Gasteiger partial charge < -0.3 is 4.90 Å². The molecule has 11 heteroatoms. The third-order valence-corrected chi connectivity index (χ3v) is 11.6. The van der Waals surface area contributed by atoms with Crippen LogP contribution in [-0.2, 0) is 20.2 Å². The summed E-state index contributed by atoms with van der Waals surface area (Å²) in [4.78, 5) is 24.0. The van der Waals surface area contributed by atoms with Crippen molar-refractivity contribution in [1.29, 1.82) is 0 Å². The molecule has 0 bridgehead atoms. The number of hydrogen-bond acceptors (Lipinski definition) is 9. The average Bonchev–Trinajstić information content (AvgIpc) is 3.64. The molecule has 40 heavy (non-hydrogen) atoms. The Hall–Kier alpha value is -2.99. The predicted molar refractivity (Wildman–Crippen MR) is 158 cm³/mol. The van der Waals surface area contributed by atoms with Crippen molar-refractivity contribution in [3.63, 3.8) is 0 Å². The van der Waals surface area contributed by atoms with Gasteiger partial charge in [-0.25, -0.2) is 18.4 Å². The molecular weight excluding hydrogens is 563 g/mol. The zero-order chi connectivity index (χ0) is 27.9. The minimum absolute atomic E-state index is 0.244. The lowest BCUT2D eigenvalue weighted by atomic mass is 9.68. The van der Waals surface area contributed by atoms with Crippen molar-refractivity contribution in [3.8, 4) is 11.3 Å². The summed E-state index contributed by atoms with van der Waals surface area (Å²) in [6, 6.07) is 17.1. The second-order valence-electron chi connectivity index (χ2n) is 10.6. The summed E-state index contributed by atoms with van der Waals surface area (Å²) in [7, 11) is -3.69. The van der Waals surface area contributed by atoms with Gasteiger partial charge in [0.2, 0.25) is 15.2 Å². The Labute approximate surface area is 242 Å². The highest BCUT2D eigenvalue weighted by Gasteiger charge is 2.42. The third kappa shape index (κ3) is 5.00. The molecule has 1 atom stereocenters. The fourth-order valence-corrected chi connectivity index (χ4v) is 8.89. The first-order chi connectivity index (χ1) is 19.3. The maximum absolute atomic E-state index is 13.7. The molecule has 6 rings (SSSR count). The molecule has 8 nitrogen and oxygen atoms in total. The van der Waals surface area contributed by atoms with Gasteiger partial charge in [-0.3, -0.25) is 4.79 Å². The van der Waals surface area contributed by atoms with Gasteiger partial charge in [-0.05, 0) is 44.4 Å². The van der Waals surface area contributed by atoms with Crippen LogP contribution in [0.15, 0.2) is 64.9 Å². The van der Waals surface area contributed by atoms with Crippen LogP contribution in [0.1, 0.15) is 49.0 Å². The standard InChI is InChI=1S/C29H31N5O3S3/c1-20-18-33(15-16-34(20)40(36,37)25-10-6-7-22(17-25)26-19-38-21(2)30-26)28-31-27(32-39-28)29(13-11-24(35)12-14-29)23-8-4-3-5-9-23/h3-10,17,19-20H,11-16,18H2,1-2H3. The van der Waals surface area contributed by atoms with E-state index in [9.17, 15) is 13.2 Å². The number of aromatic nitrogens is 3. The van der Waals surface area contributed by atoms with Crippen molar-refractivity contribution in [2.75, 3.05) is 24.5 Å². The molecule has 1 aliphatic carbocycles. The number of rotatable bonds is 6. The molecule has 4 aromatic rings. The molecule has 1 aliphatic heterocycles. The first kappa shape index (κ1) is 27.2. The van der Waals surface area contributed by atoms with Crippen molar-refractivity contribution in [3.05, 3.63) is 76.4 Å². The van der Waals surface area contributed by atoms with E-state index in [1.54, 1.807) is 33.8 Å². The summed E-state index contributed by atoms with van der Waals surface area (Å²) in [5.41, 5.74) is 2.36. The van der Waals surface area contributed by atoms with Crippen molar-refractivity contribution in [1.82, 2.24) is 18.6 Å². The van der Waals surface area contributed by atoms with Crippen molar-refractivity contribution >= 4 is 43.8 Å². The van der Waals surface area contributed by atoms with Crippen molar-refractivity contribution in [2.24, 2.45) is 0 Å². The summed E-state index contributed by atoms with van der Waals surface area (Å²) in [6.45, 7) is 5.29. The average molecular weight is 594 g/mol. The summed E-state index contributed by atoms with van der Waals surface area (Å²) >= 11 is 2.91. The molecule has 2 fully saturated rings. The number of sulfonamides is 1. The van der Waals surface area contributed by atoms with Gasteiger partial charge in [-0.15, -0.1) is 11.3 Å². The maximum atomic E-state index is 13.7. The van der Waals surface area contributed by atoms with Gasteiger partial charge in [-0.2, -0.15) is 8.68 Å². The zero-order valence-electron chi connectivity index (χ0n) is 22.5. The second-order valence-corrected chi connectivity index (χ2v) is 14.3. The quantitative estimate of drug-likeness (QED) is 0.299. The lowest BCUT2D eigenvalue weighted by Crippen LogP contribution is -2.54. The normalized spacial score (nSPS) is 20.1. The molecule has 0 radical (unpaired) electrons. The number of benzene rings is 2. The number of aryl methyl sites for hydroxylation is 1. The Bertz CT molecular complexity index is 1620. The van der Waals surface area contributed by atoms with E-state index >= 15 is 0 Å².